The number of hydrogen-bond acceptors (Lipinski definition) is 9. The summed E-state index contributed by atoms with van der Waals surface area (Å²) in [6.07, 6.45) is 2.49. The summed E-state index contributed by atoms with van der Waals surface area (Å²) in [5.41, 5.74) is 1.58. The van der Waals surface area contributed by atoms with Crippen LogP contribution in [0.4, 0.5) is 11.6 Å². The largest absolute Gasteiger partial charge is 0.480 e. The average molecular weight is 494 g/mol. The van der Waals surface area contributed by atoms with Crippen LogP contribution in [0.2, 0.25) is 0 Å². The molecule has 3 aromatic rings. The van der Waals surface area contributed by atoms with Crippen molar-refractivity contribution < 1.29 is 27.9 Å². The molecule has 178 valence electrons. The van der Waals surface area contributed by atoms with Crippen molar-refractivity contribution in [2.24, 2.45) is 15.4 Å². The SMILES string of the molecule is NS(=O)(=O)c1ccc(/N=N/c2nc(CC(NC3=CC(=O)C(=O)c4ccccc43)C(=O)O)c[nH]2)cc1. The number of nitrogens with one attached hydrogen (secondary N) is 2. The number of fused-ring (bicyclic) bond motifs is 1. The lowest BCUT2D eigenvalue weighted by molar-refractivity contribution is -0.139. The number of carbonyl (C=O) groups excluding carboxylic acids is 2. The summed E-state index contributed by atoms with van der Waals surface area (Å²) in [6, 6.07) is 10.7. The summed E-state index contributed by atoms with van der Waals surface area (Å²) in [4.78, 5) is 42.9. The molecular weight excluding hydrogens is 476 g/mol. The first kappa shape index (κ1) is 23.7. The van der Waals surface area contributed by atoms with Gasteiger partial charge in [-0.3, -0.25) is 9.59 Å². The summed E-state index contributed by atoms with van der Waals surface area (Å²) in [5, 5.41) is 25.4. The molecule has 0 radical (unpaired) electrons. The number of nitrogens with zero attached hydrogens (tertiary/aromatic N) is 3. The maximum Gasteiger partial charge on any atom is 0.326 e. The number of aromatic nitrogens is 2. The molecule has 1 unspecified atom stereocenters. The van der Waals surface area contributed by atoms with Crippen LogP contribution in [0.5, 0.6) is 0 Å². The third kappa shape index (κ3) is 5.37. The van der Waals surface area contributed by atoms with E-state index in [2.05, 4.69) is 25.5 Å². The lowest BCUT2D eigenvalue weighted by Crippen LogP contribution is -2.39. The number of Topliss-reactive ketones (excluding diaryl/α,β-unsaturated/α-hetero) is 1. The molecule has 0 saturated heterocycles. The Morgan fingerprint density at radius 1 is 1.09 bits per heavy atom. The van der Waals surface area contributed by atoms with E-state index in [1.54, 1.807) is 18.2 Å². The number of aliphatic carboxylic acids is 1. The van der Waals surface area contributed by atoms with E-state index in [4.69, 9.17) is 5.14 Å². The zero-order valence-electron chi connectivity index (χ0n) is 17.9. The Morgan fingerprint density at radius 3 is 2.43 bits per heavy atom. The molecule has 1 aromatic heterocycles. The van der Waals surface area contributed by atoms with Crippen molar-refractivity contribution in [2.45, 2.75) is 17.4 Å². The Hall–Kier alpha value is -4.49. The Kier molecular flexibility index (Phi) is 6.36. The highest BCUT2D eigenvalue weighted by Gasteiger charge is 2.28. The number of carboxylic acid groups (broad SMARTS) is 1. The van der Waals surface area contributed by atoms with Crippen LogP contribution in [-0.4, -0.2) is 47.1 Å². The highest BCUT2D eigenvalue weighted by Crippen LogP contribution is 2.24. The van der Waals surface area contributed by atoms with Gasteiger partial charge in [0, 0.05) is 35.5 Å². The molecule has 0 bridgehead atoms. The van der Waals surface area contributed by atoms with Crippen LogP contribution in [0, 0.1) is 0 Å². The van der Waals surface area contributed by atoms with Gasteiger partial charge >= 0.3 is 5.97 Å². The predicted octanol–water partition coefficient (Wildman–Crippen LogP) is 1.86. The highest BCUT2D eigenvalue weighted by atomic mass is 32.2. The van der Waals surface area contributed by atoms with Gasteiger partial charge in [0.05, 0.1) is 16.3 Å². The second-order valence-electron chi connectivity index (χ2n) is 7.49. The molecule has 0 amide bonds. The lowest BCUT2D eigenvalue weighted by Gasteiger charge is -2.21. The first-order chi connectivity index (χ1) is 16.6. The zero-order valence-corrected chi connectivity index (χ0v) is 18.7. The maximum atomic E-state index is 12.1. The summed E-state index contributed by atoms with van der Waals surface area (Å²) in [5.74, 6) is -2.48. The summed E-state index contributed by atoms with van der Waals surface area (Å²) in [7, 11) is -3.82. The zero-order chi connectivity index (χ0) is 25.2. The molecule has 0 saturated carbocycles. The van der Waals surface area contributed by atoms with Gasteiger partial charge in [0.1, 0.15) is 6.04 Å². The second-order valence-corrected chi connectivity index (χ2v) is 9.05. The topological polar surface area (TPSA) is 197 Å². The standard InChI is InChI=1S/C22H18N6O6S/c23-35(33,34)14-7-5-12(6-8-14)27-28-22-24-11-13(25-22)9-18(21(31)32)26-17-10-19(29)20(30)16-4-2-1-3-15(16)17/h1-8,10-11,18,26H,9H2,(H,24,25)(H,31,32)(H2,23,33,34)/b28-27+. The van der Waals surface area contributed by atoms with Gasteiger partial charge in [0.2, 0.25) is 27.5 Å². The monoisotopic (exact) mass is 494 g/mol. The molecule has 5 N–H and O–H groups in total. The molecule has 0 aliphatic heterocycles. The summed E-state index contributed by atoms with van der Waals surface area (Å²) < 4.78 is 22.6. The number of sulfonamides is 1. The van der Waals surface area contributed by atoms with E-state index >= 15 is 0 Å². The lowest BCUT2D eigenvalue weighted by atomic mass is 9.92. The Bertz CT molecular complexity index is 1490. The van der Waals surface area contributed by atoms with Gasteiger partial charge in [-0.15, -0.1) is 10.2 Å². The van der Waals surface area contributed by atoms with Gasteiger partial charge in [-0.25, -0.2) is 23.3 Å². The second kappa shape index (κ2) is 9.40. The minimum atomic E-state index is -3.82. The van der Waals surface area contributed by atoms with E-state index < -0.39 is 33.6 Å². The predicted molar refractivity (Wildman–Crippen MR) is 123 cm³/mol. The highest BCUT2D eigenvalue weighted by molar-refractivity contribution is 7.89. The Morgan fingerprint density at radius 2 is 1.77 bits per heavy atom. The van der Waals surface area contributed by atoms with E-state index in [0.29, 0.717) is 16.9 Å². The number of ketones is 2. The third-order valence-electron chi connectivity index (χ3n) is 5.05. The van der Waals surface area contributed by atoms with E-state index in [1.165, 1.54) is 36.5 Å². The van der Waals surface area contributed by atoms with Gasteiger partial charge in [-0.05, 0) is 24.3 Å². The molecule has 13 heteroatoms. The smallest absolute Gasteiger partial charge is 0.326 e. The molecule has 1 atom stereocenters. The first-order valence-corrected chi connectivity index (χ1v) is 11.6. The first-order valence-electron chi connectivity index (χ1n) is 10.1. The van der Waals surface area contributed by atoms with E-state index in [-0.39, 0.29) is 28.5 Å². The fraction of sp³-hybridized carbons (Fsp3) is 0.0909. The number of azo groups is 1. The summed E-state index contributed by atoms with van der Waals surface area (Å²) >= 11 is 0. The summed E-state index contributed by atoms with van der Waals surface area (Å²) in [6.45, 7) is 0. The molecule has 0 fully saturated rings. The molecule has 4 rings (SSSR count). The average Bonchev–Trinajstić information content (AvgIpc) is 3.27. The number of hydrogen-bond donors (Lipinski definition) is 4. The number of primary sulfonamides is 1. The number of benzene rings is 2. The minimum Gasteiger partial charge on any atom is -0.480 e. The van der Waals surface area contributed by atoms with Gasteiger partial charge in [-0.2, -0.15) is 0 Å². The molecule has 0 spiro atoms. The normalized spacial score (nSPS) is 14.5. The molecule has 35 heavy (non-hydrogen) atoms. The van der Waals surface area contributed by atoms with Crippen molar-refractivity contribution in [3.63, 3.8) is 0 Å². The molecule has 2 aromatic carbocycles. The quantitative estimate of drug-likeness (QED) is 0.269. The van der Waals surface area contributed by atoms with E-state index in [1.807, 2.05) is 0 Å². The van der Waals surface area contributed by atoms with Crippen LogP contribution in [0.25, 0.3) is 5.70 Å². The van der Waals surface area contributed by atoms with Crippen LogP contribution in [0.15, 0.2) is 75.9 Å². The Balaban J connectivity index is 1.48. The van der Waals surface area contributed by atoms with Crippen molar-refractivity contribution in [1.29, 1.82) is 0 Å². The number of aromatic amines is 1. The van der Waals surface area contributed by atoms with Crippen molar-refractivity contribution in [1.82, 2.24) is 15.3 Å². The number of H-pyrrole nitrogens is 1. The van der Waals surface area contributed by atoms with Crippen molar-refractivity contribution in [2.75, 3.05) is 0 Å². The van der Waals surface area contributed by atoms with Crippen LogP contribution in [0.1, 0.15) is 21.6 Å². The van der Waals surface area contributed by atoms with Gasteiger partial charge in [0.15, 0.2) is 0 Å². The fourth-order valence-corrected chi connectivity index (χ4v) is 3.87. The number of nitrogens with two attached hydrogens (primary N) is 1. The van der Waals surface area contributed by atoms with Crippen molar-refractivity contribution >= 4 is 44.9 Å². The third-order valence-corrected chi connectivity index (χ3v) is 5.97. The van der Waals surface area contributed by atoms with Crippen LogP contribution < -0.4 is 10.5 Å². The van der Waals surface area contributed by atoms with Crippen LogP contribution in [0.3, 0.4) is 0 Å². The molecule has 1 heterocycles. The molecule has 12 nitrogen and oxygen atoms in total. The van der Waals surface area contributed by atoms with Gasteiger partial charge < -0.3 is 15.4 Å². The van der Waals surface area contributed by atoms with E-state index in [0.717, 1.165) is 6.08 Å². The molecule has 1 aliphatic rings. The number of rotatable bonds is 8. The maximum absolute atomic E-state index is 12.1. The minimum absolute atomic E-state index is 0.0634. The van der Waals surface area contributed by atoms with Crippen LogP contribution >= 0.6 is 0 Å². The van der Waals surface area contributed by atoms with Gasteiger partial charge in [-0.1, -0.05) is 24.3 Å². The van der Waals surface area contributed by atoms with Crippen molar-refractivity contribution in [3.8, 4) is 0 Å². The molecular formula is C22H18N6O6S. The van der Waals surface area contributed by atoms with Crippen LogP contribution in [-0.2, 0) is 26.0 Å². The Labute approximate surface area is 198 Å². The number of imidazole rings is 1. The molecule has 1 aliphatic carbocycles. The number of carboxylic acids is 1. The van der Waals surface area contributed by atoms with E-state index in [9.17, 15) is 27.9 Å². The van der Waals surface area contributed by atoms with Gasteiger partial charge in [0.25, 0.3) is 0 Å². The number of allylic oxidation sites excluding steroid dienone is 1. The van der Waals surface area contributed by atoms with Crippen molar-refractivity contribution in [3.05, 3.63) is 77.6 Å². The fourth-order valence-electron chi connectivity index (χ4n) is 3.35. The number of carbonyl (C=O) groups is 3.